The summed E-state index contributed by atoms with van der Waals surface area (Å²) in [5.74, 6) is 1.40. The highest BCUT2D eigenvalue weighted by atomic mass is 16.2. The van der Waals surface area contributed by atoms with Crippen LogP contribution < -0.4 is 10.6 Å². The van der Waals surface area contributed by atoms with E-state index in [-0.39, 0.29) is 11.8 Å². The van der Waals surface area contributed by atoms with Gasteiger partial charge in [0.2, 0.25) is 5.91 Å². The predicted molar refractivity (Wildman–Crippen MR) is 90.1 cm³/mol. The topological polar surface area (TPSA) is 54.0 Å². The molecule has 22 heavy (non-hydrogen) atoms. The molecule has 3 rings (SSSR count). The molecule has 0 saturated heterocycles. The number of amides is 1. The van der Waals surface area contributed by atoms with Crippen LogP contribution in [-0.4, -0.2) is 24.0 Å². The van der Waals surface area contributed by atoms with Gasteiger partial charge in [-0.15, -0.1) is 0 Å². The van der Waals surface area contributed by atoms with E-state index in [2.05, 4.69) is 48.7 Å². The van der Waals surface area contributed by atoms with Gasteiger partial charge in [-0.3, -0.25) is 4.79 Å². The molecule has 1 aliphatic carbocycles. The average Bonchev–Trinajstić information content (AvgIpc) is 3.35. The lowest BCUT2D eigenvalue weighted by Crippen LogP contribution is -2.30. The summed E-state index contributed by atoms with van der Waals surface area (Å²) in [6, 6.07) is 8.54. The number of hydrogen-bond donors (Lipinski definition) is 2. The summed E-state index contributed by atoms with van der Waals surface area (Å²) < 4.78 is 0. The smallest absolute Gasteiger partial charge is 0.223 e. The summed E-state index contributed by atoms with van der Waals surface area (Å²) in [4.78, 5) is 16.3. The number of nitrogens with one attached hydrogen (secondary N) is 2. The molecule has 0 radical (unpaired) electrons. The molecular formula is C18H23N3O. The molecule has 1 aromatic carbocycles. The second kappa shape index (κ2) is 6.34. The van der Waals surface area contributed by atoms with Crippen molar-refractivity contribution in [3.8, 4) is 0 Å². The van der Waals surface area contributed by atoms with Crippen LogP contribution in [0.2, 0.25) is 0 Å². The first-order chi connectivity index (χ1) is 10.7. The molecule has 1 saturated carbocycles. The Kier molecular flexibility index (Phi) is 4.27. The Bertz CT molecular complexity index is 692. The minimum Gasteiger partial charge on any atom is -0.368 e. The van der Waals surface area contributed by atoms with Crippen LogP contribution in [0.15, 0.2) is 24.3 Å². The number of fused-ring (bicyclic) bond motifs is 1. The van der Waals surface area contributed by atoms with Crippen molar-refractivity contribution in [2.75, 3.05) is 18.4 Å². The Balaban J connectivity index is 1.67. The molecule has 0 bridgehead atoms. The molecule has 0 aliphatic heterocycles. The molecule has 1 aromatic heterocycles. The van der Waals surface area contributed by atoms with E-state index in [1.807, 2.05) is 0 Å². The average molecular weight is 297 g/mol. The van der Waals surface area contributed by atoms with E-state index in [4.69, 9.17) is 4.98 Å². The Labute approximate surface area is 131 Å². The lowest BCUT2D eigenvalue weighted by atomic mass is 10.1. The number of rotatable bonds is 6. The third-order valence-electron chi connectivity index (χ3n) is 4.10. The van der Waals surface area contributed by atoms with E-state index in [1.54, 1.807) is 0 Å². The molecule has 1 fully saturated rings. The number of aryl methyl sites for hydroxylation is 2. The van der Waals surface area contributed by atoms with Gasteiger partial charge < -0.3 is 10.6 Å². The molecule has 0 spiro atoms. The van der Waals surface area contributed by atoms with Crippen LogP contribution >= 0.6 is 0 Å². The molecular weight excluding hydrogens is 274 g/mol. The molecule has 4 nitrogen and oxygen atoms in total. The largest absolute Gasteiger partial charge is 0.368 e. The van der Waals surface area contributed by atoms with Crippen molar-refractivity contribution >= 4 is 22.6 Å². The van der Waals surface area contributed by atoms with Crippen LogP contribution in [0.25, 0.3) is 10.9 Å². The van der Waals surface area contributed by atoms with E-state index >= 15 is 0 Å². The van der Waals surface area contributed by atoms with Crippen LogP contribution in [0.5, 0.6) is 0 Å². The standard InChI is InChI=1S/C18H23N3O/c1-3-13-11-15-5-4-12(2)10-16(15)21-17(13)19-8-9-20-18(22)14-6-7-14/h4-5,10-11,14H,3,6-9H2,1-2H3,(H,19,21)(H,20,22). The van der Waals surface area contributed by atoms with Gasteiger partial charge in [-0.1, -0.05) is 19.1 Å². The highest BCUT2D eigenvalue weighted by Gasteiger charge is 2.28. The van der Waals surface area contributed by atoms with Gasteiger partial charge in [0.15, 0.2) is 0 Å². The first-order valence-electron chi connectivity index (χ1n) is 8.09. The Hall–Kier alpha value is -2.10. The highest BCUT2D eigenvalue weighted by molar-refractivity contribution is 5.82. The normalized spacial score (nSPS) is 14.1. The lowest BCUT2D eigenvalue weighted by Gasteiger charge is -2.12. The fourth-order valence-corrected chi connectivity index (χ4v) is 2.60. The maximum atomic E-state index is 11.6. The van der Waals surface area contributed by atoms with Gasteiger partial charge in [0, 0.05) is 24.4 Å². The minimum absolute atomic E-state index is 0.194. The van der Waals surface area contributed by atoms with Gasteiger partial charge in [0.1, 0.15) is 5.82 Å². The molecule has 2 N–H and O–H groups in total. The first kappa shape index (κ1) is 14.8. The van der Waals surface area contributed by atoms with Gasteiger partial charge in [-0.2, -0.15) is 0 Å². The molecule has 0 unspecified atom stereocenters. The van der Waals surface area contributed by atoms with Crippen LogP contribution in [0.4, 0.5) is 5.82 Å². The number of aromatic nitrogens is 1. The number of carbonyl (C=O) groups is 1. The van der Waals surface area contributed by atoms with Crippen molar-refractivity contribution in [3.05, 3.63) is 35.4 Å². The highest BCUT2D eigenvalue weighted by Crippen LogP contribution is 2.28. The number of pyridine rings is 1. The molecule has 1 amide bonds. The van der Waals surface area contributed by atoms with Crippen LogP contribution in [-0.2, 0) is 11.2 Å². The maximum absolute atomic E-state index is 11.6. The van der Waals surface area contributed by atoms with E-state index in [0.717, 1.165) is 30.6 Å². The SMILES string of the molecule is CCc1cc2ccc(C)cc2nc1NCCNC(=O)C1CC1. The van der Waals surface area contributed by atoms with E-state index < -0.39 is 0 Å². The second-order valence-electron chi connectivity index (χ2n) is 6.04. The summed E-state index contributed by atoms with van der Waals surface area (Å²) in [6.07, 6.45) is 3.03. The number of hydrogen-bond acceptors (Lipinski definition) is 3. The Morgan fingerprint density at radius 1 is 1.27 bits per heavy atom. The summed E-state index contributed by atoms with van der Waals surface area (Å²) in [5, 5.41) is 7.51. The van der Waals surface area contributed by atoms with Crippen molar-refractivity contribution < 1.29 is 4.79 Å². The van der Waals surface area contributed by atoms with Crippen molar-refractivity contribution in [1.82, 2.24) is 10.3 Å². The zero-order valence-corrected chi connectivity index (χ0v) is 13.3. The molecule has 0 atom stereocenters. The number of nitrogens with zero attached hydrogens (tertiary/aromatic N) is 1. The third-order valence-corrected chi connectivity index (χ3v) is 4.10. The molecule has 4 heteroatoms. The third kappa shape index (κ3) is 3.38. The quantitative estimate of drug-likeness (QED) is 0.806. The van der Waals surface area contributed by atoms with Crippen molar-refractivity contribution in [1.29, 1.82) is 0 Å². The van der Waals surface area contributed by atoms with Crippen molar-refractivity contribution in [2.24, 2.45) is 5.92 Å². The van der Waals surface area contributed by atoms with Crippen molar-refractivity contribution in [3.63, 3.8) is 0 Å². The molecule has 2 aromatic rings. The van der Waals surface area contributed by atoms with Gasteiger partial charge >= 0.3 is 0 Å². The maximum Gasteiger partial charge on any atom is 0.223 e. The fourth-order valence-electron chi connectivity index (χ4n) is 2.60. The van der Waals surface area contributed by atoms with Gasteiger partial charge in [-0.25, -0.2) is 4.98 Å². The summed E-state index contributed by atoms with van der Waals surface area (Å²) in [5.41, 5.74) is 3.44. The first-order valence-corrected chi connectivity index (χ1v) is 8.09. The van der Waals surface area contributed by atoms with E-state index in [1.165, 1.54) is 16.5 Å². The number of carbonyl (C=O) groups excluding carboxylic acids is 1. The lowest BCUT2D eigenvalue weighted by molar-refractivity contribution is -0.122. The van der Waals surface area contributed by atoms with Crippen LogP contribution in [0, 0.1) is 12.8 Å². The second-order valence-corrected chi connectivity index (χ2v) is 6.04. The van der Waals surface area contributed by atoms with Crippen molar-refractivity contribution in [2.45, 2.75) is 33.1 Å². The number of anilines is 1. The predicted octanol–water partition coefficient (Wildman–Crippen LogP) is 3.04. The van der Waals surface area contributed by atoms with Gasteiger partial charge in [0.05, 0.1) is 5.52 Å². The van der Waals surface area contributed by atoms with Crippen LogP contribution in [0.1, 0.15) is 30.9 Å². The summed E-state index contributed by atoms with van der Waals surface area (Å²) in [7, 11) is 0. The molecule has 116 valence electrons. The Morgan fingerprint density at radius 2 is 2.09 bits per heavy atom. The zero-order chi connectivity index (χ0) is 15.5. The van der Waals surface area contributed by atoms with Crippen LogP contribution in [0.3, 0.4) is 0 Å². The minimum atomic E-state index is 0.194. The number of benzene rings is 1. The van der Waals surface area contributed by atoms with Gasteiger partial charge in [-0.05, 0) is 49.4 Å². The zero-order valence-electron chi connectivity index (χ0n) is 13.3. The van der Waals surface area contributed by atoms with Gasteiger partial charge in [0.25, 0.3) is 0 Å². The molecule has 1 aliphatic rings. The molecule has 1 heterocycles. The fraction of sp³-hybridized carbons (Fsp3) is 0.444. The monoisotopic (exact) mass is 297 g/mol. The van der Waals surface area contributed by atoms with E-state index in [0.29, 0.717) is 13.1 Å². The Morgan fingerprint density at radius 3 is 2.82 bits per heavy atom. The summed E-state index contributed by atoms with van der Waals surface area (Å²) in [6.45, 7) is 5.56. The van der Waals surface area contributed by atoms with E-state index in [9.17, 15) is 4.79 Å². The summed E-state index contributed by atoms with van der Waals surface area (Å²) >= 11 is 0.